The highest BCUT2D eigenvalue weighted by Gasteiger charge is 2.16. The quantitative estimate of drug-likeness (QED) is 0.845. The minimum absolute atomic E-state index is 0.296. The van der Waals surface area contributed by atoms with Gasteiger partial charge in [-0.3, -0.25) is 4.79 Å². The Hall–Kier alpha value is -2.32. The maximum Gasteiger partial charge on any atom is 0.239 e. The normalized spacial score (nSPS) is 11.2. The Morgan fingerprint density at radius 2 is 1.57 bits per heavy atom. The summed E-state index contributed by atoms with van der Waals surface area (Å²) in [6.07, 6.45) is 0. The first-order valence-electron chi connectivity index (χ1n) is 6.62. The molecule has 2 aromatic carbocycles. The van der Waals surface area contributed by atoms with Crippen LogP contribution in [0.1, 0.15) is 5.56 Å². The van der Waals surface area contributed by atoms with Crippen molar-refractivity contribution >= 4 is 21.6 Å². The summed E-state index contributed by atoms with van der Waals surface area (Å²) < 4.78 is 52.5. The van der Waals surface area contributed by atoms with E-state index < -0.39 is 39.8 Å². The Bertz CT molecular complexity index is 775. The van der Waals surface area contributed by atoms with E-state index in [9.17, 15) is 22.0 Å². The number of para-hydroxylation sites is 1. The third-order valence-electron chi connectivity index (χ3n) is 2.88. The van der Waals surface area contributed by atoms with Gasteiger partial charge in [0.15, 0.2) is 0 Å². The van der Waals surface area contributed by atoms with E-state index in [1.54, 1.807) is 30.3 Å². The number of anilines is 1. The van der Waals surface area contributed by atoms with Crippen molar-refractivity contribution in [1.29, 1.82) is 0 Å². The van der Waals surface area contributed by atoms with Crippen LogP contribution in [0.5, 0.6) is 0 Å². The first-order valence-corrected chi connectivity index (χ1v) is 8.28. The van der Waals surface area contributed by atoms with Crippen molar-refractivity contribution in [2.24, 2.45) is 0 Å². The highest BCUT2D eigenvalue weighted by atomic mass is 32.2. The average molecular weight is 340 g/mol. The fourth-order valence-corrected chi connectivity index (χ4v) is 2.91. The van der Waals surface area contributed by atoms with Crippen LogP contribution in [-0.2, 0) is 20.6 Å². The molecule has 2 aromatic rings. The van der Waals surface area contributed by atoms with Crippen LogP contribution < -0.4 is 10.0 Å². The van der Waals surface area contributed by atoms with E-state index in [4.69, 9.17) is 0 Å². The highest BCUT2D eigenvalue weighted by molar-refractivity contribution is 7.88. The zero-order valence-electron chi connectivity index (χ0n) is 11.9. The van der Waals surface area contributed by atoms with Crippen molar-refractivity contribution in [3.05, 3.63) is 65.7 Å². The lowest BCUT2D eigenvalue weighted by Crippen LogP contribution is -2.34. The molecule has 8 heteroatoms. The number of hydrogen-bond acceptors (Lipinski definition) is 3. The van der Waals surface area contributed by atoms with E-state index >= 15 is 0 Å². The van der Waals surface area contributed by atoms with Crippen LogP contribution in [0, 0.1) is 11.6 Å². The molecule has 122 valence electrons. The van der Waals surface area contributed by atoms with Crippen LogP contribution in [0.4, 0.5) is 14.5 Å². The SMILES string of the molecule is O=C(CNS(=O)(=O)Cc1ccccc1)Nc1c(F)cccc1F. The summed E-state index contributed by atoms with van der Waals surface area (Å²) in [6, 6.07) is 11.5. The van der Waals surface area contributed by atoms with Crippen LogP contribution in [0.2, 0.25) is 0 Å². The second kappa shape index (κ2) is 7.30. The summed E-state index contributed by atoms with van der Waals surface area (Å²) in [5.74, 6) is -3.04. The first kappa shape index (κ1) is 17.0. The molecule has 1 amide bonds. The standard InChI is InChI=1S/C15H14F2N2O3S/c16-12-7-4-8-13(17)15(12)19-14(20)9-18-23(21,22)10-11-5-2-1-3-6-11/h1-8,18H,9-10H2,(H,19,20). The predicted octanol–water partition coefficient (Wildman–Crippen LogP) is 2.02. The second-order valence-corrected chi connectivity index (χ2v) is 6.52. The van der Waals surface area contributed by atoms with Crippen molar-refractivity contribution in [2.45, 2.75) is 5.75 Å². The van der Waals surface area contributed by atoms with Gasteiger partial charge in [-0.25, -0.2) is 21.9 Å². The lowest BCUT2D eigenvalue weighted by atomic mass is 10.2. The van der Waals surface area contributed by atoms with E-state index in [2.05, 4.69) is 4.72 Å². The van der Waals surface area contributed by atoms with Gasteiger partial charge in [-0.2, -0.15) is 0 Å². The van der Waals surface area contributed by atoms with E-state index in [1.165, 1.54) is 0 Å². The molecule has 2 rings (SSSR count). The summed E-state index contributed by atoms with van der Waals surface area (Å²) in [4.78, 5) is 11.6. The van der Waals surface area contributed by atoms with Crippen LogP contribution in [0.3, 0.4) is 0 Å². The zero-order chi connectivity index (χ0) is 16.9. The van der Waals surface area contributed by atoms with Crippen molar-refractivity contribution < 1.29 is 22.0 Å². The first-order chi connectivity index (χ1) is 10.9. The third kappa shape index (κ3) is 5.11. The highest BCUT2D eigenvalue weighted by Crippen LogP contribution is 2.17. The third-order valence-corrected chi connectivity index (χ3v) is 4.18. The van der Waals surface area contributed by atoms with E-state index in [0.717, 1.165) is 18.2 Å². The van der Waals surface area contributed by atoms with Crippen molar-refractivity contribution in [3.63, 3.8) is 0 Å². The molecule has 0 aromatic heterocycles. The van der Waals surface area contributed by atoms with Gasteiger partial charge in [-0.05, 0) is 17.7 Å². The molecular weight excluding hydrogens is 326 g/mol. The minimum atomic E-state index is -3.74. The molecule has 0 saturated carbocycles. The number of halogens is 2. The number of hydrogen-bond donors (Lipinski definition) is 2. The number of carbonyl (C=O) groups is 1. The molecule has 0 radical (unpaired) electrons. The Labute approximate surface area is 132 Å². The topological polar surface area (TPSA) is 75.3 Å². The Morgan fingerprint density at radius 1 is 0.957 bits per heavy atom. The molecule has 0 atom stereocenters. The van der Waals surface area contributed by atoms with Gasteiger partial charge >= 0.3 is 0 Å². The molecule has 0 heterocycles. The van der Waals surface area contributed by atoms with Gasteiger partial charge in [0.1, 0.15) is 17.3 Å². The maximum atomic E-state index is 13.4. The van der Waals surface area contributed by atoms with Crippen LogP contribution in [0.15, 0.2) is 48.5 Å². The van der Waals surface area contributed by atoms with E-state index in [0.29, 0.717) is 5.56 Å². The second-order valence-electron chi connectivity index (χ2n) is 4.71. The van der Waals surface area contributed by atoms with Crippen molar-refractivity contribution in [3.8, 4) is 0 Å². The molecule has 2 N–H and O–H groups in total. The molecule has 5 nitrogen and oxygen atoms in total. The molecule has 0 aliphatic heterocycles. The number of nitrogens with one attached hydrogen (secondary N) is 2. The number of sulfonamides is 1. The van der Waals surface area contributed by atoms with Gasteiger partial charge in [-0.15, -0.1) is 0 Å². The zero-order valence-corrected chi connectivity index (χ0v) is 12.7. The average Bonchev–Trinajstić information content (AvgIpc) is 2.50. The molecule has 0 saturated heterocycles. The molecule has 0 aliphatic carbocycles. The van der Waals surface area contributed by atoms with E-state index in [1.807, 2.05) is 5.32 Å². The summed E-state index contributed by atoms with van der Waals surface area (Å²) in [6.45, 7) is -0.622. The summed E-state index contributed by atoms with van der Waals surface area (Å²) in [5.41, 5.74) is -0.0553. The Balaban J connectivity index is 1.93. The fraction of sp³-hybridized carbons (Fsp3) is 0.133. The van der Waals surface area contributed by atoms with Gasteiger partial charge in [-0.1, -0.05) is 36.4 Å². The predicted molar refractivity (Wildman–Crippen MR) is 82.1 cm³/mol. The maximum absolute atomic E-state index is 13.4. The molecular formula is C15H14F2N2O3S. The van der Waals surface area contributed by atoms with Crippen molar-refractivity contribution in [1.82, 2.24) is 4.72 Å². The monoisotopic (exact) mass is 340 g/mol. The van der Waals surface area contributed by atoms with Crippen LogP contribution in [-0.4, -0.2) is 20.9 Å². The van der Waals surface area contributed by atoms with Gasteiger partial charge in [0.2, 0.25) is 15.9 Å². The molecule has 0 bridgehead atoms. The molecule has 0 spiro atoms. The van der Waals surface area contributed by atoms with Gasteiger partial charge in [0.05, 0.1) is 12.3 Å². The number of amides is 1. The molecule has 0 unspecified atom stereocenters. The summed E-state index contributed by atoms with van der Waals surface area (Å²) in [5, 5.41) is 2.00. The minimum Gasteiger partial charge on any atom is -0.320 e. The van der Waals surface area contributed by atoms with Crippen LogP contribution in [0.25, 0.3) is 0 Å². The lowest BCUT2D eigenvalue weighted by molar-refractivity contribution is -0.115. The smallest absolute Gasteiger partial charge is 0.239 e. The van der Waals surface area contributed by atoms with E-state index in [-0.39, 0.29) is 5.75 Å². The van der Waals surface area contributed by atoms with Crippen molar-refractivity contribution in [2.75, 3.05) is 11.9 Å². The lowest BCUT2D eigenvalue weighted by Gasteiger charge is -2.09. The molecule has 23 heavy (non-hydrogen) atoms. The summed E-state index contributed by atoms with van der Waals surface area (Å²) >= 11 is 0. The van der Waals surface area contributed by atoms with Crippen LogP contribution >= 0.6 is 0 Å². The van der Waals surface area contributed by atoms with Gasteiger partial charge in [0.25, 0.3) is 0 Å². The Morgan fingerprint density at radius 3 is 2.17 bits per heavy atom. The van der Waals surface area contributed by atoms with Gasteiger partial charge in [0, 0.05) is 0 Å². The fourth-order valence-electron chi connectivity index (χ4n) is 1.82. The number of carbonyl (C=O) groups excluding carboxylic acids is 1. The summed E-state index contributed by atoms with van der Waals surface area (Å²) in [7, 11) is -3.74. The molecule has 0 aliphatic rings. The van der Waals surface area contributed by atoms with Gasteiger partial charge < -0.3 is 5.32 Å². The Kier molecular flexibility index (Phi) is 5.41. The number of rotatable bonds is 6. The molecule has 0 fully saturated rings. The number of benzene rings is 2. The largest absolute Gasteiger partial charge is 0.320 e.